The molecule has 1 fully saturated rings. The summed E-state index contributed by atoms with van der Waals surface area (Å²) in [7, 11) is 0. The Bertz CT molecular complexity index is 887. The van der Waals surface area contributed by atoms with Gasteiger partial charge in [-0.3, -0.25) is 0 Å². The summed E-state index contributed by atoms with van der Waals surface area (Å²) in [6, 6.07) is 16.5. The zero-order valence-electron chi connectivity index (χ0n) is 17.7. The Balaban J connectivity index is 1.66. The molecule has 0 amide bonds. The van der Waals surface area contributed by atoms with Crippen LogP contribution >= 0.6 is 0 Å². The van der Waals surface area contributed by atoms with E-state index in [0.29, 0.717) is 18.1 Å². The van der Waals surface area contributed by atoms with Gasteiger partial charge in [-0.25, -0.2) is 0 Å². The predicted octanol–water partition coefficient (Wildman–Crippen LogP) is 6.82. The van der Waals surface area contributed by atoms with Crippen LogP contribution in [0.5, 0.6) is 5.75 Å². The summed E-state index contributed by atoms with van der Waals surface area (Å²) in [6.07, 6.45) is 8.75. The molecule has 0 bridgehead atoms. The smallest absolute Gasteiger partial charge is 0.120 e. The lowest BCUT2D eigenvalue weighted by Gasteiger charge is -2.28. The Labute approximate surface area is 175 Å². The molecule has 0 aromatic heterocycles. The highest BCUT2D eigenvalue weighted by Crippen LogP contribution is 2.36. The van der Waals surface area contributed by atoms with Crippen molar-refractivity contribution in [1.29, 1.82) is 5.26 Å². The first kappa shape index (κ1) is 21.0. The van der Waals surface area contributed by atoms with E-state index in [2.05, 4.69) is 56.0 Å². The summed E-state index contributed by atoms with van der Waals surface area (Å²) in [6.45, 7) is 5.12. The Morgan fingerprint density at radius 1 is 0.931 bits per heavy atom. The standard InChI is InChI=1S/C27H31NO/c1-3-5-18-29-27-17-16-25(26(19-27)20-28)15-10-22-8-13-24(14-9-22)23-11-6-21(4-2)7-12-23/h8-9,13-14,16-17,19,21,23H,3-7,11-12,18H2,1-2H3. The van der Waals surface area contributed by atoms with Gasteiger partial charge >= 0.3 is 0 Å². The molecule has 0 unspecified atom stereocenters. The van der Waals surface area contributed by atoms with Crippen molar-refractivity contribution in [2.45, 2.75) is 64.7 Å². The van der Waals surface area contributed by atoms with Crippen molar-refractivity contribution in [3.8, 4) is 23.7 Å². The Kier molecular flexibility index (Phi) is 7.77. The van der Waals surface area contributed by atoms with Crippen LogP contribution in [0.1, 0.15) is 87.0 Å². The van der Waals surface area contributed by atoms with Crippen molar-refractivity contribution in [1.82, 2.24) is 0 Å². The molecule has 0 aliphatic heterocycles. The number of benzene rings is 2. The molecule has 2 aromatic rings. The lowest BCUT2D eigenvalue weighted by molar-refractivity contribution is 0.309. The second-order valence-corrected chi connectivity index (χ2v) is 8.02. The summed E-state index contributed by atoms with van der Waals surface area (Å²) >= 11 is 0. The van der Waals surface area contributed by atoms with Gasteiger partial charge in [0.1, 0.15) is 11.8 Å². The van der Waals surface area contributed by atoms with Crippen LogP contribution in [-0.4, -0.2) is 6.61 Å². The van der Waals surface area contributed by atoms with E-state index in [1.807, 2.05) is 12.1 Å². The van der Waals surface area contributed by atoms with Crippen LogP contribution in [0.2, 0.25) is 0 Å². The third kappa shape index (κ3) is 5.88. The topological polar surface area (TPSA) is 33.0 Å². The second kappa shape index (κ2) is 10.7. The molecule has 0 N–H and O–H groups in total. The minimum Gasteiger partial charge on any atom is -0.494 e. The van der Waals surface area contributed by atoms with Crippen molar-refractivity contribution >= 4 is 0 Å². The van der Waals surface area contributed by atoms with Crippen LogP contribution in [0.4, 0.5) is 0 Å². The molecular weight excluding hydrogens is 354 g/mol. The molecule has 2 aromatic carbocycles. The highest BCUT2D eigenvalue weighted by molar-refractivity contribution is 5.53. The van der Waals surface area contributed by atoms with E-state index in [0.717, 1.165) is 35.6 Å². The summed E-state index contributed by atoms with van der Waals surface area (Å²) in [4.78, 5) is 0. The summed E-state index contributed by atoms with van der Waals surface area (Å²) in [5.74, 6) is 8.73. The molecule has 0 heterocycles. The van der Waals surface area contributed by atoms with E-state index >= 15 is 0 Å². The molecule has 0 saturated heterocycles. The van der Waals surface area contributed by atoms with Crippen molar-refractivity contribution < 1.29 is 4.74 Å². The number of nitrogens with zero attached hydrogens (tertiary/aromatic N) is 1. The molecule has 0 radical (unpaired) electrons. The lowest BCUT2D eigenvalue weighted by atomic mass is 9.78. The van der Waals surface area contributed by atoms with E-state index in [-0.39, 0.29) is 0 Å². The maximum Gasteiger partial charge on any atom is 0.120 e. The minimum absolute atomic E-state index is 0.566. The molecule has 29 heavy (non-hydrogen) atoms. The van der Waals surface area contributed by atoms with Gasteiger partial charge in [0.15, 0.2) is 0 Å². The maximum absolute atomic E-state index is 9.46. The van der Waals surface area contributed by atoms with Crippen LogP contribution in [0.15, 0.2) is 42.5 Å². The highest BCUT2D eigenvalue weighted by Gasteiger charge is 2.20. The number of rotatable bonds is 6. The van der Waals surface area contributed by atoms with Crippen LogP contribution in [0, 0.1) is 29.1 Å². The molecule has 150 valence electrons. The maximum atomic E-state index is 9.46. The van der Waals surface area contributed by atoms with Gasteiger partial charge in [-0.05, 0) is 79.8 Å². The first-order valence-corrected chi connectivity index (χ1v) is 11.0. The van der Waals surface area contributed by atoms with Gasteiger partial charge in [-0.2, -0.15) is 5.26 Å². The monoisotopic (exact) mass is 385 g/mol. The number of ether oxygens (including phenoxy) is 1. The first-order chi connectivity index (χ1) is 14.2. The number of nitriles is 1. The van der Waals surface area contributed by atoms with Crippen LogP contribution in [-0.2, 0) is 0 Å². The molecule has 2 heteroatoms. The van der Waals surface area contributed by atoms with E-state index in [9.17, 15) is 5.26 Å². The molecule has 1 saturated carbocycles. The van der Waals surface area contributed by atoms with Crippen LogP contribution < -0.4 is 4.74 Å². The summed E-state index contributed by atoms with van der Waals surface area (Å²) < 4.78 is 5.69. The number of unbranched alkanes of at least 4 members (excludes halogenated alkanes) is 1. The number of hydrogen-bond donors (Lipinski definition) is 0. The average molecular weight is 386 g/mol. The molecule has 1 aliphatic rings. The molecule has 2 nitrogen and oxygen atoms in total. The molecule has 0 atom stereocenters. The van der Waals surface area contributed by atoms with E-state index in [1.54, 1.807) is 6.07 Å². The Hall–Kier alpha value is -2.71. The van der Waals surface area contributed by atoms with Gasteiger partial charge < -0.3 is 4.74 Å². The molecule has 1 aliphatic carbocycles. The van der Waals surface area contributed by atoms with E-state index in [1.165, 1.54) is 37.7 Å². The highest BCUT2D eigenvalue weighted by atomic mass is 16.5. The van der Waals surface area contributed by atoms with Crippen molar-refractivity contribution in [2.24, 2.45) is 5.92 Å². The van der Waals surface area contributed by atoms with Gasteiger partial charge in [0.25, 0.3) is 0 Å². The third-order valence-corrected chi connectivity index (χ3v) is 6.03. The van der Waals surface area contributed by atoms with Gasteiger partial charge in [-0.15, -0.1) is 0 Å². The van der Waals surface area contributed by atoms with Gasteiger partial charge in [0, 0.05) is 11.1 Å². The van der Waals surface area contributed by atoms with Gasteiger partial charge in [0.05, 0.1) is 12.2 Å². The summed E-state index contributed by atoms with van der Waals surface area (Å²) in [5.41, 5.74) is 3.74. The largest absolute Gasteiger partial charge is 0.494 e. The van der Waals surface area contributed by atoms with E-state index in [4.69, 9.17) is 4.74 Å². The predicted molar refractivity (Wildman–Crippen MR) is 119 cm³/mol. The lowest BCUT2D eigenvalue weighted by Crippen LogP contribution is -2.12. The SMILES string of the molecule is CCCCOc1ccc(C#Cc2ccc(C3CCC(CC)CC3)cc2)c(C#N)c1. The van der Waals surface area contributed by atoms with Crippen LogP contribution in [0.3, 0.4) is 0 Å². The normalized spacial score (nSPS) is 18.4. The molecular formula is C27H31NO. The van der Waals surface area contributed by atoms with E-state index < -0.39 is 0 Å². The second-order valence-electron chi connectivity index (χ2n) is 8.02. The average Bonchev–Trinajstić information content (AvgIpc) is 2.78. The van der Waals surface area contributed by atoms with Gasteiger partial charge in [0.2, 0.25) is 0 Å². The zero-order valence-corrected chi connectivity index (χ0v) is 17.7. The Morgan fingerprint density at radius 2 is 1.69 bits per heavy atom. The number of hydrogen-bond acceptors (Lipinski definition) is 2. The fraction of sp³-hybridized carbons (Fsp3) is 0.444. The van der Waals surface area contributed by atoms with Crippen molar-refractivity contribution in [2.75, 3.05) is 6.61 Å². The fourth-order valence-corrected chi connectivity index (χ4v) is 4.03. The van der Waals surface area contributed by atoms with Gasteiger partial charge in [-0.1, -0.05) is 50.7 Å². The van der Waals surface area contributed by atoms with Crippen molar-refractivity contribution in [3.63, 3.8) is 0 Å². The molecule has 3 rings (SSSR count). The first-order valence-electron chi connectivity index (χ1n) is 11.0. The quantitative estimate of drug-likeness (QED) is 0.404. The third-order valence-electron chi connectivity index (χ3n) is 6.03. The molecule has 0 spiro atoms. The Morgan fingerprint density at radius 3 is 2.34 bits per heavy atom. The summed E-state index contributed by atoms with van der Waals surface area (Å²) in [5, 5.41) is 9.46. The minimum atomic E-state index is 0.566. The van der Waals surface area contributed by atoms with Crippen molar-refractivity contribution in [3.05, 3.63) is 64.7 Å². The van der Waals surface area contributed by atoms with Crippen LogP contribution in [0.25, 0.3) is 0 Å². The zero-order chi connectivity index (χ0) is 20.5. The fourth-order valence-electron chi connectivity index (χ4n) is 4.03.